The Kier molecular flexibility index (Phi) is 6.48. The second kappa shape index (κ2) is 9.02. The molecule has 0 spiro atoms. The maximum atomic E-state index is 12.2. The minimum absolute atomic E-state index is 0.0796. The van der Waals surface area contributed by atoms with E-state index in [0.29, 0.717) is 24.4 Å². The molecule has 1 N–H and O–H groups in total. The van der Waals surface area contributed by atoms with E-state index in [0.717, 1.165) is 12.1 Å². The van der Waals surface area contributed by atoms with Gasteiger partial charge in [-0.15, -0.1) is 0 Å². The summed E-state index contributed by atoms with van der Waals surface area (Å²) in [6.07, 6.45) is 3.78. The molecule has 0 radical (unpaired) electrons. The molecule has 0 atom stereocenters. The lowest BCUT2D eigenvalue weighted by atomic mass is 10.1. The molecule has 25 heavy (non-hydrogen) atoms. The van der Waals surface area contributed by atoms with Crippen LogP contribution in [-0.2, 0) is 24.3 Å². The molecule has 0 aliphatic carbocycles. The fourth-order valence-electron chi connectivity index (χ4n) is 3.30. The maximum Gasteiger partial charge on any atom is 0.220 e. The molecule has 3 nitrogen and oxygen atoms in total. The maximum absolute atomic E-state index is 12.2. The number of hydrogen-bond donors (Lipinski definition) is 1. The Morgan fingerprint density at radius 2 is 1.80 bits per heavy atom. The van der Waals surface area contributed by atoms with Crippen molar-refractivity contribution in [2.24, 2.45) is 0 Å². The van der Waals surface area contributed by atoms with Gasteiger partial charge in [0.05, 0.1) is 0 Å². The minimum Gasteiger partial charge on any atom is -0.352 e. The molecule has 0 aromatic heterocycles. The molecule has 1 heterocycles. The van der Waals surface area contributed by atoms with Crippen LogP contribution in [0.15, 0.2) is 48.5 Å². The summed E-state index contributed by atoms with van der Waals surface area (Å²) in [5.74, 6) is 0.0796. The van der Waals surface area contributed by atoms with E-state index >= 15 is 0 Å². The summed E-state index contributed by atoms with van der Waals surface area (Å²) >= 11 is 5.98. The van der Waals surface area contributed by atoms with Crippen LogP contribution in [0, 0.1) is 0 Å². The van der Waals surface area contributed by atoms with E-state index in [1.165, 1.54) is 37.1 Å². The predicted molar refractivity (Wildman–Crippen MR) is 103 cm³/mol. The Labute approximate surface area is 155 Å². The van der Waals surface area contributed by atoms with Gasteiger partial charge in [-0.05, 0) is 61.2 Å². The average molecular weight is 357 g/mol. The first-order valence-electron chi connectivity index (χ1n) is 9.01. The second-order valence-corrected chi connectivity index (χ2v) is 7.10. The molecule has 0 unspecified atom stereocenters. The summed E-state index contributed by atoms with van der Waals surface area (Å²) in [7, 11) is 0. The van der Waals surface area contributed by atoms with Gasteiger partial charge in [0.15, 0.2) is 0 Å². The fraction of sp³-hybridized carbons (Fsp3) is 0.381. The Morgan fingerprint density at radius 1 is 1.04 bits per heavy atom. The second-order valence-electron chi connectivity index (χ2n) is 6.66. The zero-order valence-corrected chi connectivity index (χ0v) is 15.3. The zero-order valence-electron chi connectivity index (χ0n) is 14.5. The van der Waals surface area contributed by atoms with Crippen LogP contribution < -0.4 is 5.32 Å². The van der Waals surface area contributed by atoms with Gasteiger partial charge < -0.3 is 5.32 Å². The zero-order chi connectivity index (χ0) is 17.5. The van der Waals surface area contributed by atoms with Crippen LogP contribution in [-0.4, -0.2) is 23.9 Å². The van der Waals surface area contributed by atoms with Gasteiger partial charge in [0.1, 0.15) is 0 Å². The monoisotopic (exact) mass is 356 g/mol. The van der Waals surface area contributed by atoms with Crippen LogP contribution in [0.2, 0.25) is 5.02 Å². The summed E-state index contributed by atoms with van der Waals surface area (Å²) in [5.41, 5.74) is 3.63. The third-order valence-electron chi connectivity index (χ3n) is 4.72. The number of carbonyl (C=O) groups is 1. The van der Waals surface area contributed by atoms with E-state index in [1.54, 1.807) is 0 Å². The highest BCUT2D eigenvalue weighted by Crippen LogP contribution is 2.16. The average Bonchev–Trinajstić information content (AvgIpc) is 3.12. The Morgan fingerprint density at radius 3 is 2.56 bits per heavy atom. The van der Waals surface area contributed by atoms with Crippen molar-refractivity contribution in [2.45, 2.75) is 38.8 Å². The largest absolute Gasteiger partial charge is 0.352 e. The molecule has 4 heteroatoms. The van der Waals surface area contributed by atoms with Gasteiger partial charge in [-0.3, -0.25) is 9.69 Å². The van der Waals surface area contributed by atoms with Crippen molar-refractivity contribution in [1.29, 1.82) is 0 Å². The smallest absolute Gasteiger partial charge is 0.220 e. The van der Waals surface area contributed by atoms with Gasteiger partial charge in [0, 0.05) is 24.5 Å². The van der Waals surface area contributed by atoms with E-state index in [2.05, 4.69) is 28.4 Å². The standard InChI is InChI=1S/C21H25ClN2O/c22-20-9-5-6-17(14-20)10-11-21(25)23-15-18-7-1-2-8-19(18)16-24-12-3-4-13-24/h1-2,5-9,14H,3-4,10-13,15-16H2,(H,23,25). The van der Waals surface area contributed by atoms with Crippen LogP contribution in [0.25, 0.3) is 0 Å². The molecular formula is C21H25ClN2O. The molecule has 1 amide bonds. The van der Waals surface area contributed by atoms with Crippen molar-refractivity contribution in [3.05, 3.63) is 70.2 Å². The van der Waals surface area contributed by atoms with Gasteiger partial charge in [-0.25, -0.2) is 0 Å². The normalized spacial score (nSPS) is 14.6. The lowest BCUT2D eigenvalue weighted by Crippen LogP contribution is -2.25. The van der Waals surface area contributed by atoms with Crippen LogP contribution in [0.5, 0.6) is 0 Å². The van der Waals surface area contributed by atoms with E-state index in [1.807, 2.05) is 30.3 Å². The van der Waals surface area contributed by atoms with Crippen LogP contribution >= 0.6 is 11.6 Å². The SMILES string of the molecule is O=C(CCc1cccc(Cl)c1)NCc1ccccc1CN1CCCC1. The molecule has 1 aliphatic rings. The number of nitrogens with one attached hydrogen (secondary N) is 1. The highest BCUT2D eigenvalue weighted by molar-refractivity contribution is 6.30. The van der Waals surface area contributed by atoms with Gasteiger partial charge in [0.25, 0.3) is 0 Å². The number of rotatable bonds is 7. The molecule has 1 fully saturated rings. The quantitative estimate of drug-likeness (QED) is 0.807. The van der Waals surface area contributed by atoms with Crippen molar-refractivity contribution in [3.8, 4) is 0 Å². The lowest BCUT2D eigenvalue weighted by molar-refractivity contribution is -0.121. The highest BCUT2D eigenvalue weighted by Gasteiger charge is 2.13. The van der Waals surface area contributed by atoms with E-state index in [9.17, 15) is 4.79 Å². The highest BCUT2D eigenvalue weighted by atomic mass is 35.5. The molecule has 132 valence electrons. The van der Waals surface area contributed by atoms with E-state index in [4.69, 9.17) is 11.6 Å². The topological polar surface area (TPSA) is 32.3 Å². The summed E-state index contributed by atoms with van der Waals surface area (Å²) < 4.78 is 0. The van der Waals surface area contributed by atoms with Crippen molar-refractivity contribution in [2.75, 3.05) is 13.1 Å². The van der Waals surface area contributed by atoms with Crippen LogP contribution in [0.3, 0.4) is 0 Å². The minimum atomic E-state index is 0.0796. The first kappa shape index (κ1) is 18.0. The molecule has 0 saturated carbocycles. The van der Waals surface area contributed by atoms with Crippen molar-refractivity contribution in [1.82, 2.24) is 10.2 Å². The Bertz CT molecular complexity index is 711. The third kappa shape index (κ3) is 5.58. The first-order valence-corrected chi connectivity index (χ1v) is 9.39. The number of halogens is 1. The van der Waals surface area contributed by atoms with Crippen molar-refractivity contribution >= 4 is 17.5 Å². The molecule has 2 aromatic carbocycles. The van der Waals surface area contributed by atoms with Gasteiger partial charge in [-0.2, -0.15) is 0 Å². The van der Waals surface area contributed by atoms with Gasteiger partial charge in [-0.1, -0.05) is 48.0 Å². The van der Waals surface area contributed by atoms with Crippen LogP contribution in [0.4, 0.5) is 0 Å². The van der Waals surface area contributed by atoms with E-state index in [-0.39, 0.29) is 5.91 Å². The van der Waals surface area contributed by atoms with Crippen molar-refractivity contribution in [3.63, 3.8) is 0 Å². The fourth-order valence-corrected chi connectivity index (χ4v) is 3.51. The van der Waals surface area contributed by atoms with Gasteiger partial charge in [0.2, 0.25) is 5.91 Å². The number of likely N-dealkylation sites (tertiary alicyclic amines) is 1. The Hall–Kier alpha value is -1.84. The number of carbonyl (C=O) groups excluding carboxylic acids is 1. The number of nitrogens with zero attached hydrogens (tertiary/aromatic N) is 1. The van der Waals surface area contributed by atoms with E-state index < -0.39 is 0 Å². The van der Waals surface area contributed by atoms with Gasteiger partial charge >= 0.3 is 0 Å². The van der Waals surface area contributed by atoms with Crippen LogP contribution in [0.1, 0.15) is 36.0 Å². The summed E-state index contributed by atoms with van der Waals surface area (Å²) in [4.78, 5) is 14.7. The summed E-state index contributed by atoms with van der Waals surface area (Å²) in [6.45, 7) is 3.94. The van der Waals surface area contributed by atoms with Crippen molar-refractivity contribution < 1.29 is 4.79 Å². The Balaban J connectivity index is 1.50. The number of benzene rings is 2. The molecule has 1 aliphatic heterocycles. The summed E-state index contributed by atoms with van der Waals surface area (Å²) in [5, 5.41) is 3.78. The summed E-state index contributed by atoms with van der Waals surface area (Å²) in [6, 6.07) is 16.1. The number of amides is 1. The first-order chi connectivity index (χ1) is 12.2. The molecule has 1 saturated heterocycles. The molecular weight excluding hydrogens is 332 g/mol. The molecule has 0 bridgehead atoms. The number of aryl methyl sites for hydroxylation is 1. The third-order valence-corrected chi connectivity index (χ3v) is 4.95. The number of hydrogen-bond acceptors (Lipinski definition) is 2. The molecule has 3 rings (SSSR count). The predicted octanol–water partition coefficient (Wildman–Crippen LogP) is 4.18. The lowest BCUT2D eigenvalue weighted by Gasteiger charge is -2.17. The molecule has 2 aromatic rings.